The van der Waals surface area contributed by atoms with Crippen molar-refractivity contribution in [2.75, 3.05) is 6.54 Å². The molecule has 132 valence electrons. The first-order chi connectivity index (χ1) is 12.0. The Morgan fingerprint density at radius 2 is 2.04 bits per heavy atom. The highest BCUT2D eigenvalue weighted by molar-refractivity contribution is 5.95. The zero-order valence-electron chi connectivity index (χ0n) is 14.4. The van der Waals surface area contributed by atoms with E-state index in [4.69, 9.17) is 0 Å². The first-order valence-corrected chi connectivity index (χ1v) is 8.56. The summed E-state index contributed by atoms with van der Waals surface area (Å²) >= 11 is 0. The summed E-state index contributed by atoms with van der Waals surface area (Å²) in [6.45, 7) is 4.40. The van der Waals surface area contributed by atoms with Crippen LogP contribution in [0, 0.1) is 5.92 Å². The lowest BCUT2D eigenvalue weighted by atomic mass is 9.90. The largest absolute Gasteiger partial charge is 0.481 e. The van der Waals surface area contributed by atoms with Gasteiger partial charge in [0.15, 0.2) is 5.82 Å². The average molecular weight is 342 g/mol. The molecule has 0 unspecified atom stereocenters. The van der Waals surface area contributed by atoms with Gasteiger partial charge in [0.1, 0.15) is 5.82 Å². The van der Waals surface area contributed by atoms with E-state index in [1.165, 1.54) is 0 Å². The minimum Gasteiger partial charge on any atom is -0.481 e. The number of aliphatic carboxylic acids is 1. The van der Waals surface area contributed by atoms with E-state index >= 15 is 0 Å². The second-order valence-corrected chi connectivity index (χ2v) is 6.36. The molecule has 0 bridgehead atoms. The summed E-state index contributed by atoms with van der Waals surface area (Å²) in [7, 11) is 0. The highest BCUT2D eigenvalue weighted by Gasteiger charge is 2.35. The fourth-order valence-electron chi connectivity index (χ4n) is 3.27. The van der Waals surface area contributed by atoms with E-state index in [9.17, 15) is 14.7 Å². The molecule has 25 heavy (non-hydrogen) atoms. The average Bonchev–Trinajstić information content (AvgIpc) is 3.10. The molecule has 0 radical (unpaired) electrons. The fraction of sp³-hybridized carbons (Fsp3) is 0.444. The number of H-pyrrole nitrogens is 1. The Bertz CT molecular complexity index is 769. The van der Waals surface area contributed by atoms with E-state index in [-0.39, 0.29) is 11.9 Å². The molecule has 7 heteroatoms. The van der Waals surface area contributed by atoms with Crippen LogP contribution in [0.2, 0.25) is 0 Å². The number of nitrogens with one attached hydrogen (secondary N) is 1. The maximum atomic E-state index is 12.8. The molecular formula is C18H22N4O3. The van der Waals surface area contributed by atoms with Crippen molar-refractivity contribution >= 4 is 11.9 Å². The first kappa shape index (κ1) is 17.1. The van der Waals surface area contributed by atoms with E-state index in [1.807, 2.05) is 26.0 Å². The van der Waals surface area contributed by atoms with E-state index in [0.717, 1.165) is 17.8 Å². The van der Waals surface area contributed by atoms with Crippen LogP contribution in [0.5, 0.6) is 0 Å². The lowest BCUT2D eigenvalue weighted by Crippen LogP contribution is -2.49. The fourth-order valence-corrected chi connectivity index (χ4v) is 3.27. The standard InChI is InChI=1S/C18H22N4O3/c1-3-15-19-16(21-20-15)12-6-8-13(9-7-12)17(23)22-10-4-5-14(11(22)2)18(24)25/h6-9,11,14H,3-5,10H2,1-2H3,(H,24,25)(H,19,20,21)/t11-,14-/m0/s1. The van der Waals surface area contributed by atoms with Crippen molar-refractivity contribution in [3.63, 3.8) is 0 Å². The van der Waals surface area contributed by atoms with Crippen LogP contribution in [-0.2, 0) is 11.2 Å². The molecule has 0 spiro atoms. The number of carbonyl (C=O) groups excluding carboxylic acids is 1. The Balaban J connectivity index is 1.77. The normalized spacial score (nSPS) is 20.5. The third-order valence-electron chi connectivity index (χ3n) is 4.82. The van der Waals surface area contributed by atoms with Crippen LogP contribution < -0.4 is 0 Å². The molecule has 2 heterocycles. The van der Waals surface area contributed by atoms with Crippen molar-refractivity contribution in [1.29, 1.82) is 0 Å². The van der Waals surface area contributed by atoms with Crippen LogP contribution in [0.3, 0.4) is 0 Å². The van der Waals surface area contributed by atoms with Gasteiger partial charge in [-0.1, -0.05) is 19.1 Å². The summed E-state index contributed by atoms with van der Waals surface area (Å²) in [4.78, 5) is 30.2. The number of carboxylic acids is 1. The van der Waals surface area contributed by atoms with Gasteiger partial charge < -0.3 is 10.0 Å². The zero-order chi connectivity index (χ0) is 18.0. The van der Waals surface area contributed by atoms with Crippen LogP contribution in [0.15, 0.2) is 24.3 Å². The Hall–Kier alpha value is -2.70. The molecule has 7 nitrogen and oxygen atoms in total. The number of aryl methyl sites for hydroxylation is 1. The molecule has 0 aliphatic carbocycles. The number of rotatable bonds is 4. The first-order valence-electron chi connectivity index (χ1n) is 8.56. The zero-order valence-corrected chi connectivity index (χ0v) is 14.4. The monoisotopic (exact) mass is 342 g/mol. The molecule has 0 saturated carbocycles. The van der Waals surface area contributed by atoms with Crippen molar-refractivity contribution < 1.29 is 14.7 Å². The van der Waals surface area contributed by atoms with Gasteiger partial charge >= 0.3 is 5.97 Å². The Morgan fingerprint density at radius 3 is 2.64 bits per heavy atom. The highest BCUT2D eigenvalue weighted by Crippen LogP contribution is 2.26. The van der Waals surface area contributed by atoms with Gasteiger partial charge in [-0.05, 0) is 31.9 Å². The maximum Gasteiger partial charge on any atom is 0.308 e. The molecule has 3 rings (SSSR count). The van der Waals surface area contributed by atoms with Crippen LogP contribution in [0.1, 0.15) is 42.9 Å². The topological polar surface area (TPSA) is 99.2 Å². The van der Waals surface area contributed by atoms with Gasteiger partial charge in [0.05, 0.1) is 5.92 Å². The smallest absolute Gasteiger partial charge is 0.308 e. The predicted octanol–water partition coefficient (Wildman–Crippen LogP) is 2.36. The molecule has 1 aliphatic rings. The van der Waals surface area contributed by atoms with Gasteiger partial charge in [-0.15, -0.1) is 0 Å². The number of hydrogen-bond donors (Lipinski definition) is 2. The van der Waals surface area contributed by atoms with Gasteiger partial charge in [-0.25, -0.2) is 4.98 Å². The molecule has 2 N–H and O–H groups in total. The van der Waals surface area contributed by atoms with Gasteiger partial charge in [0.25, 0.3) is 5.91 Å². The van der Waals surface area contributed by atoms with Gasteiger partial charge in [0, 0.05) is 30.1 Å². The summed E-state index contributed by atoms with van der Waals surface area (Å²) in [5, 5.41) is 16.3. The Kier molecular flexibility index (Phi) is 4.83. The number of likely N-dealkylation sites (tertiary alicyclic amines) is 1. The Labute approximate surface area is 146 Å². The van der Waals surface area contributed by atoms with Crippen LogP contribution in [0.25, 0.3) is 11.4 Å². The van der Waals surface area contributed by atoms with Crippen molar-refractivity contribution in [1.82, 2.24) is 20.1 Å². The number of carbonyl (C=O) groups is 2. The predicted molar refractivity (Wildman–Crippen MR) is 92.1 cm³/mol. The second-order valence-electron chi connectivity index (χ2n) is 6.36. The maximum absolute atomic E-state index is 12.8. The van der Waals surface area contributed by atoms with Gasteiger partial charge in [0.2, 0.25) is 0 Å². The van der Waals surface area contributed by atoms with Crippen molar-refractivity contribution in [3.8, 4) is 11.4 Å². The van der Waals surface area contributed by atoms with Crippen LogP contribution in [-0.4, -0.2) is 49.7 Å². The van der Waals surface area contributed by atoms with E-state index in [2.05, 4.69) is 15.2 Å². The second kappa shape index (κ2) is 7.04. The third kappa shape index (κ3) is 3.40. The number of aromatic nitrogens is 3. The summed E-state index contributed by atoms with van der Waals surface area (Å²) < 4.78 is 0. The number of piperidine rings is 1. The molecule has 2 aromatic rings. The minimum absolute atomic E-state index is 0.130. The number of aromatic amines is 1. The van der Waals surface area contributed by atoms with E-state index in [1.54, 1.807) is 17.0 Å². The lowest BCUT2D eigenvalue weighted by Gasteiger charge is -2.37. The number of nitrogens with zero attached hydrogens (tertiary/aromatic N) is 3. The Morgan fingerprint density at radius 1 is 1.32 bits per heavy atom. The van der Waals surface area contributed by atoms with Crippen molar-refractivity contribution in [2.45, 2.75) is 39.2 Å². The summed E-state index contributed by atoms with van der Waals surface area (Å²) in [6.07, 6.45) is 2.10. The van der Waals surface area contributed by atoms with Crippen molar-refractivity contribution in [2.24, 2.45) is 5.92 Å². The molecule has 1 aromatic carbocycles. The SMILES string of the molecule is CCc1nc(-c2ccc(C(=O)N3CCC[C@H](C(=O)O)[C@@H]3C)cc2)n[nH]1. The van der Waals surface area contributed by atoms with Gasteiger partial charge in [-0.2, -0.15) is 5.10 Å². The number of benzene rings is 1. The summed E-state index contributed by atoms with van der Waals surface area (Å²) in [6, 6.07) is 6.82. The van der Waals surface area contributed by atoms with E-state index in [0.29, 0.717) is 30.8 Å². The van der Waals surface area contributed by atoms with Crippen LogP contribution in [0.4, 0.5) is 0 Å². The number of carboxylic acid groups (broad SMARTS) is 1. The highest BCUT2D eigenvalue weighted by atomic mass is 16.4. The van der Waals surface area contributed by atoms with Gasteiger partial charge in [-0.3, -0.25) is 14.7 Å². The molecule has 1 saturated heterocycles. The molecule has 1 fully saturated rings. The summed E-state index contributed by atoms with van der Waals surface area (Å²) in [5.74, 6) is -0.0475. The lowest BCUT2D eigenvalue weighted by molar-refractivity contribution is -0.144. The molecule has 1 aromatic heterocycles. The molecule has 1 amide bonds. The number of amides is 1. The third-order valence-corrected chi connectivity index (χ3v) is 4.82. The quantitative estimate of drug-likeness (QED) is 0.888. The van der Waals surface area contributed by atoms with E-state index < -0.39 is 11.9 Å². The molecule has 1 aliphatic heterocycles. The molecule has 2 atom stereocenters. The summed E-state index contributed by atoms with van der Waals surface area (Å²) in [5.41, 5.74) is 1.38. The number of hydrogen-bond acceptors (Lipinski definition) is 4. The minimum atomic E-state index is -0.836. The van der Waals surface area contributed by atoms with Crippen LogP contribution >= 0.6 is 0 Å². The molecular weight excluding hydrogens is 320 g/mol. The van der Waals surface area contributed by atoms with Crippen molar-refractivity contribution in [3.05, 3.63) is 35.7 Å².